The predicted molar refractivity (Wildman–Crippen MR) is 128 cm³/mol. The summed E-state index contributed by atoms with van der Waals surface area (Å²) in [4.78, 5) is 27.4. The Kier molecular flexibility index (Phi) is 7.31. The molecule has 0 bridgehead atoms. The summed E-state index contributed by atoms with van der Waals surface area (Å²) in [7, 11) is 0. The van der Waals surface area contributed by atoms with E-state index in [1.165, 1.54) is 29.2 Å². The van der Waals surface area contributed by atoms with E-state index < -0.39 is 5.82 Å². The molecule has 6 nitrogen and oxygen atoms in total. The van der Waals surface area contributed by atoms with Gasteiger partial charge in [-0.15, -0.1) is 0 Å². The van der Waals surface area contributed by atoms with E-state index in [0.717, 1.165) is 16.9 Å². The van der Waals surface area contributed by atoms with Crippen molar-refractivity contribution < 1.29 is 14.0 Å². The minimum Gasteiger partial charge on any atom is -0.329 e. The average molecular weight is 451 g/mol. The molecule has 0 saturated heterocycles. The van der Waals surface area contributed by atoms with Gasteiger partial charge in [0, 0.05) is 23.6 Å². The van der Waals surface area contributed by atoms with Crippen molar-refractivity contribution in [1.82, 2.24) is 14.7 Å². The molecule has 0 atom stereocenters. The molecule has 7 heteroatoms. The number of aryl methyl sites for hydroxylation is 1. The van der Waals surface area contributed by atoms with E-state index in [1.807, 2.05) is 44.2 Å². The molecule has 174 valence electrons. The number of nitrogens with zero attached hydrogens (tertiary/aromatic N) is 3. The Balaban J connectivity index is 1.85. The number of benzene rings is 2. The number of amides is 2. The van der Waals surface area contributed by atoms with Crippen molar-refractivity contribution in [1.29, 1.82) is 0 Å². The lowest BCUT2D eigenvalue weighted by molar-refractivity contribution is -0.116. The maximum atomic E-state index is 13.2. The SMILES string of the molecule is CCCN(CC(=O)Nc1cc(C(C)(C)C)nn1-c1cccc(C)c1)C(=O)c1ccc(F)cc1. The lowest BCUT2D eigenvalue weighted by Crippen LogP contribution is -2.38. The zero-order valence-corrected chi connectivity index (χ0v) is 19.9. The van der Waals surface area contributed by atoms with Gasteiger partial charge in [-0.25, -0.2) is 9.07 Å². The second kappa shape index (κ2) is 9.98. The van der Waals surface area contributed by atoms with Crippen molar-refractivity contribution >= 4 is 17.6 Å². The predicted octanol–water partition coefficient (Wildman–Crippen LogP) is 5.11. The van der Waals surface area contributed by atoms with Crippen molar-refractivity contribution in [2.24, 2.45) is 0 Å². The summed E-state index contributed by atoms with van der Waals surface area (Å²) in [5.74, 6) is -0.505. The molecular formula is C26H31FN4O2. The molecule has 0 aliphatic heterocycles. The third kappa shape index (κ3) is 6.06. The first-order valence-electron chi connectivity index (χ1n) is 11.1. The van der Waals surface area contributed by atoms with Crippen LogP contribution in [-0.2, 0) is 10.2 Å². The summed E-state index contributed by atoms with van der Waals surface area (Å²) >= 11 is 0. The molecular weight excluding hydrogens is 419 g/mol. The number of halogens is 1. The van der Waals surface area contributed by atoms with Crippen LogP contribution in [0.1, 0.15) is 55.7 Å². The third-order valence-electron chi connectivity index (χ3n) is 5.20. The van der Waals surface area contributed by atoms with Gasteiger partial charge < -0.3 is 10.2 Å². The summed E-state index contributed by atoms with van der Waals surface area (Å²) in [6.07, 6.45) is 0.690. The minimum atomic E-state index is -0.412. The van der Waals surface area contributed by atoms with E-state index in [-0.39, 0.29) is 23.8 Å². The molecule has 33 heavy (non-hydrogen) atoms. The lowest BCUT2D eigenvalue weighted by Gasteiger charge is -2.22. The van der Waals surface area contributed by atoms with Crippen LogP contribution in [0.4, 0.5) is 10.2 Å². The van der Waals surface area contributed by atoms with Gasteiger partial charge in [0.25, 0.3) is 5.91 Å². The molecule has 3 aromatic rings. The monoisotopic (exact) mass is 450 g/mol. The molecule has 1 aromatic heterocycles. The number of hydrogen-bond donors (Lipinski definition) is 1. The van der Waals surface area contributed by atoms with Gasteiger partial charge >= 0.3 is 0 Å². The molecule has 2 amide bonds. The topological polar surface area (TPSA) is 67.2 Å². The average Bonchev–Trinajstić information content (AvgIpc) is 3.18. The highest BCUT2D eigenvalue weighted by atomic mass is 19.1. The zero-order chi connectivity index (χ0) is 24.2. The van der Waals surface area contributed by atoms with E-state index in [0.29, 0.717) is 24.3 Å². The number of rotatable bonds is 7. The number of hydrogen-bond acceptors (Lipinski definition) is 3. The maximum Gasteiger partial charge on any atom is 0.254 e. The Labute approximate surface area is 194 Å². The van der Waals surface area contributed by atoms with Crippen LogP contribution in [0.5, 0.6) is 0 Å². The van der Waals surface area contributed by atoms with E-state index >= 15 is 0 Å². The molecule has 0 radical (unpaired) electrons. The van der Waals surface area contributed by atoms with Crippen molar-refractivity contribution in [2.75, 3.05) is 18.4 Å². The van der Waals surface area contributed by atoms with Crippen LogP contribution in [0.2, 0.25) is 0 Å². The highest BCUT2D eigenvalue weighted by Gasteiger charge is 2.23. The quantitative estimate of drug-likeness (QED) is 0.544. The van der Waals surface area contributed by atoms with Gasteiger partial charge in [-0.05, 0) is 55.3 Å². The Hall–Kier alpha value is -3.48. The van der Waals surface area contributed by atoms with Crippen molar-refractivity contribution in [3.8, 4) is 5.69 Å². The van der Waals surface area contributed by atoms with Crippen molar-refractivity contribution in [3.63, 3.8) is 0 Å². The smallest absolute Gasteiger partial charge is 0.254 e. The normalized spacial score (nSPS) is 11.3. The summed E-state index contributed by atoms with van der Waals surface area (Å²) in [5.41, 5.74) is 2.90. The molecule has 0 unspecified atom stereocenters. The van der Waals surface area contributed by atoms with Gasteiger partial charge in [0.1, 0.15) is 18.2 Å². The molecule has 3 rings (SSSR count). The standard InChI is InChI=1S/C26H31FN4O2/c1-6-14-30(25(33)19-10-12-20(27)13-11-19)17-24(32)28-23-16-22(26(3,4)5)29-31(23)21-9-7-8-18(2)15-21/h7-13,15-16H,6,14,17H2,1-5H3,(H,28,32). The first-order valence-corrected chi connectivity index (χ1v) is 11.1. The fraction of sp³-hybridized carbons (Fsp3) is 0.346. The number of nitrogens with one attached hydrogen (secondary N) is 1. The van der Waals surface area contributed by atoms with Gasteiger partial charge in [0.15, 0.2) is 0 Å². The first kappa shape index (κ1) is 24.2. The molecule has 0 spiro atoms. The van der Waals surface area contributed by atoms with Crippen LogP contribution in [0.15, 0.2) is 54.6 Å². The summed E-state index contributed by atoms with van der Waals surface area (Å²) in [6.45, 7) is 10.4. The number of aromatic nitrogens is 2. The van der Waals surface area contributed by atoms with E-state index in [1.54, 1.807) is 4.68 Å². The largest absolute Gasteiger partial charge is 0.329 e. The van der Waals surface area contributed by atoms with Gasteiger partial charge in [-0.1, -0.05) is 39.8 Å². The Bertz CT molecular complexity index is 1130. The molecule has 0 fully saturated rings. The summed E-state index contributed by atoms with van der Waals surface area (Å²) in [5, 5.41) is 7.67. The number of anilines is 1. The second-order valence-electron chi connectivity index (χ2n) is 9.20. The second-order valence-corrected chi connectivity index (χ2v) is 9.20. The molecule has 1 heterocycles. The minimum absolute atomic E-state index is 0.117. The summed E-state index contributed by atoms with van der Waals surface area (Å²) in [6, 6.07) is 15.1. The van der Waals surface area contributed by atoms with Crippen LogP contribution in [0, 0.1) is 12.7 Å². The Morgan fingerprint density at radius 1 is 1.09 bits per heavy atom. The first-order chi connectivity index (χ1) is 15.6. The van der Waals surface area contributed by atoms with Crippen molar-refractivity contribution in [3.05, 3.63) is 77.2 Å². The van der Waals surface area contributed by atoms with E-state index in [4.69, 9.17) is 5.10 Å². The highest BCUT2D eigenvalue weighted by molar-refractivity contribution is 5.99. The van der Waals surface area contributed by atoms with Gasteiger partial charge in [0.2, 0.25) is 5.91 Å². The molecule has 0 aliphatic rings. The fourth-order valence-corrected chi connectivity index (χ4v) is 3.45. The van der Waals surface area contributed by atoms with E-state index in [9.17, 15) is 14.0 Å². The van der Waals surface area contributed by atoms with Gasteiger partial charge in [-0.3, -0.25) is 9.59 Å². The lowest BCUT2D eigenvalue weighted by atomic mass is 9.92. The van der Waals surface area contributed by atoms with Crippen LogP contribution >= 0.6 is 0 Å². The molecule has 2 aromatic carbocycles. The maximum absolute atomic E-state index is 13.2. The van der Waals surface area contributed by atoms with Gasteiger partial charge in [0.05, 0.1) is 11.4 Å². The number of carbonyl (C=O) groups is 2. The molecule has 1 N–H and O–H groups in total. The van der Waals surface area contributed by atoms with Crippen LogP contribution in [0.3, 0.4) is 0 Å². The third-order valence-corrected chi connectivity index (χ3v) is 5.20. The van der Waals surface area contributed by atoms with Crippen LogP contribution in [0.25, 0.3) is 5.69 Å². The van der Waals surface area contributed by atoms with Crippen LogP contribution < -0.4 is 5.32 Å². The Morgan fingerprint density at radius 2 is 1.79 bits per heavy atom. The Morgan fingerprint density at radius 3 is 2.39 bits per heavy atom. The van der Waals surface area contributed by atoms with Crippen LogP contribution in [-0.4, -0.2) is 39.6 Å². The fourth-order valence-electron chi connectivity index (χ4n) is 3.45. The highest BCUT2D eigenvalue weighted by Crippen LogP contribution is 2.26. The van der Waals surface area contributed by atoms with E-state index in [2.05, 4.69) is 26.1 Å². The molecule has 0 aliphatic carbocycles. The molecule has 0 saturated carbocycles. The van der Waals surface area contributed by atoms with Gasteiger partial charge in [-0.2, -0.15) is 5.10 Å². The number of carbonyl (C=O) groups excluding carboxylic acids is 2. The van der Waals surface area contributed by atoms with Crippen molar-refractivity contribution in [2.45, 2.75) is 46.5 Å². The summed E-state index contributed by atoms with van der Waals surface area (Å²) < 4.78 is 15.0. The zero-order valence-electron chi connectivity index (χ0n) is 19.9.